The van der Waals surface area contributed by atoms with Crippen LogP contribution in [-0.2, 0) is 0 Å². The third-order valence-electron chi connectivity index (χ3n) is 2.82. The third-order valence-corrected chi connectivity index (χ3v) is 3.12. The van der Waals surface area contributed by atoms with Gasteiger partial charge in [-0.1, -0.05) is 17.7 Å². The molecule has 0 saturated carbocycles. The highest BCUT2D eigenvalue weighted by Gasteiger charge is 2.18. The minimum absolute atomic E-state index is 0.190. The zero-order valence-corrected chi connectivity index (χ0v) is 11.8. The van der Waals surface area contributed by atoms with Crippen LogP contribution in [0.2, 0.25) is 5.02 Å². The second kappa shape index (κ2) is 6.07. The molecule has 2 rings (SSSR count). The number of hydrogen-bond donors (Lipinski definition) is 1. The number of nitrogens with two attached hydrogens (primary N) is 1. The first-order chi connectivity index (χ1) is 9.88. The lowest BCUT2D eigenvalue weighted by molar-refractivity contribution is -0.385. The van der Waals surface area contributed by atoms with Crippen LogP contribution in [0.25, 0.3) is 0 Å². The Kier molecular flexibility index (Phi) is 4.40. The predicted octanol–water partition coefficient (Wildman–Crippen LogP) is 4.20. The topological polar surface area (TPSA) is 78.4 Å². The molecular weight excluding hydrogens is 299 g/mol. The van der Waals surface area contributed by atoms with Crippen molar-refractivity contribution in [3.05, 3.63) is 62.9 Å². The van der Waals surface area contributed by atoms with Gasteiger partial charge in [0.2, 0.25) is 5.75 Å². The molecule has 1 atom stereocenters. The van der Waals surface area contributed by atoms with Gasteiger partial charge in [-0.3, -0.25) is 10.1 Å². The van der Waals surface area contributed by atoms with Gasteiger partial charge in [0, 0.05) is 18.2 Å². The number of nitro groups is 1. The fourth-order valence-electron chi connectivity index (χ4n) is 1.72. The molecule has 0 aromatic heterocycles. The summed E-state index contributed by atoms with van der Waals surface area (Å²) >= 11 is 6.05. The van der Waals surface area contributed by atoms with E-state index in [4.69, 9.17) is 22.1 Å². The minimum Gasteiger partial charge on any atom is -0.448 e. The zero-order valence-electron chi connectivity index (χ0n) is 11.0. The van der Waals surface area contributed by atoms with Crippen molar-refractivity contribution in [3.63, 3.8) is 0 Å². The van der Waals surface area contributed by atoms with E-state index in [-0.39, 0.29) is 28.3 Å². The molecule has 2 aromatic carbocycles. The van der Waals surface area contributed by atoms with E-state index in [0.717, 1.165) is 23.8 Å². The van der Waals surface area contributed by atoms with Gasteiger partial charge in [0.05, 0.1) is 9.95 Å². The molecule has 0 bridgehead atoms. The first-order valence-electron chi connectivity index (χ1n) is 6.05. The average Bonchev–Trinajstić information content (AvgIpc) is 2.40. The lowest BCUT2D eigenvalue weighted by Crippen LogP contribution is -2.04. The third kappa shape index (κ3) is 3.48. The molecule has 0 fully saturated rings. The molecule has 0 radical (unpaired) electrons. The monoisotopic (exact) mass is 310 g/mol. The summed E-state index contributed by atoms with van der Waals surface area (Å²) < 4.78 is 18.6. The van der Waals surface area contributed by atoms with Crippen LogP contribution >= 0.6 is 11.6 Å². The number of nitro benzene ring substituents is 1. The Bertz CT molecular complexity index is 692. The lowest BCUT2D eigenvalue weighted by Gasteiger charge is -2.11. The summed E-state index contributed by atoms with van der Waals surface area (Å²) in [6, 6.07) is 7.59. The Morgan fingerprint density at radius 3 is 2.57 bits per heavy atom. The molecule has 0 unspecified atom stereocenters. The number of hydrogen-bond acceptors (Lipinski definition) is 4. The first-order valence-corrected chi connectivity index (χ1v) is 6.43. The molecule has 0 amide bonds. The van der Waals surface area contributed by atoms with E-state index in [1.54, 1.807) is 19.1 Å². The molecule has 0 heterocycles. The fraction of sp³-hybridized carbons (Fsp3) is 0.143. The fourth-order valence-corrected chi connectivity index (χ4v) is 1.95. The normalized spacial score (nSPS) is 12.0. The first kappa shape index (κ1) is 15.2. The molecule has 2 N–H and O–H groups in total. The van der Waals surface area contributed by atoms with E-state index < -0.39 is 10.7 Å². The highest BCUT2D eigenvalue weighted by molar-refractivity contribution is 6.32. The standard InChI is InChI=1S/C14H12ClFN2O3/c1-8(17)9-2-5-13(11(15)6-9)21-14-7-10(16)3-4-12(14)18(19)20/h2-8H,17H2,1H3/t8-/m1/s1. The Morgan fingerprint density at radius 1 is 1.29 bits per heavy atom. The second-order valence-corrected chi connectivity index (χ2v) is 4.86. The summed E-state index contributed by atoms with van der Waals surface area (Å²) in [7, 11) is 0. The van der Waals surface area contributed by atoms with Crippen LogP contribution < -0.4 is 10.5 Å². The van der Waals surface area contributed by atoms with Gasteiger partial charge >= 0.3 is 5.69 Å². The van der Waals surface area contributed by atoms with Crippen LogP contribution in [0.15, 0.2) is 36.4 Å². The van der Waals surface area contributed by atoms with Crippen molar-refractivity contribution >= 4 is 17.3 Å². The van der Waals surface area contributed by atoms with E-state index >= 15 is 0 Å². The number of rotatable bonds is 4. The largest absolute Gasteiger partial charge is 0.448 e. The smallest absolute Gasteiger partial charge is 0.311 e. The zero-order chi connectivity index (χ0) is 15.6. The van der Waals surface area contributed by atoms with Crippen molar-refractivity contribution in [2.45, 2.75) is 13.0 Å². The van der Waals surface area contributed by atoms with Crippen LogP contribution in [-0.4, -0.2) is 4.92 Å². The van der Waals surface area contributed by atoms with Crippen LogP contribution in [0.4, 0.5) is 10.1 Å². The summed E-state index contributed by atoms with van der Waals surface area (Å²) in [5.41, 5.74) is 6.18. The number of benzene rings is 2. The summed E-state index contributed by atoms with van der Waals surface area (Å²) in [5, 5.41) is 11.1. The van der Waals surface area contributed by atoms with Gasteiger partial charge < -0.3 is 10.5 Å². The molecule has 0 aliphatic carbocycles. The maximum absolute atomic E-state index is 13.2. The van der Waals surface area contributed by atoms with Gasteiger partial charge in [-0.2, -0.15) is 0 Å². The Hall–Kier alpha value is -2.18. The molecule has 21 heavy (non-hydrogen) atoms. The van der Waals surface area contributed by atoms with Crippen molar-refractivity contribution < 1.29 is 14.1 Å². The second-order valence-electron chi connectivity index (χ2n) is 4.45. The maximum Gasteiger partial charge on any atom is 0.311 e. The van der Waals surface area contributed by atoms with Gasteiger partial charge in [0.25, 0.3) is 0 Å². The van der Waals surface area contributed by atoms with Crippen molar-refractivity contribution in [1.82, 2.24) is 0 Å². The number of halogens is 2. The highest BCUT2D eigenvalue weighted by Crippen LogP contribution is 2.36. The molecular formula is C14H12ClFN2O3. The summed E-state index contributed by atoms with van der Waals surface area (Å²) in [4.78, 5) is 10.3. The maximum atomic E-state index is 13.2. The van der Waals surface area contributed by atoms with E-state index in [1.165, 1.54) is 6.07 Å². The van der Waals surface area contributed by atoms with Gasteiger partial charge in [0.1, 0.15) is 11.6 Å². The molecule has 0 aliphatic rings. The molecule has 0 spiro atoms. The Balaban J connectivity index is 2.38. The van der Waals surface area contributed by atoms with Crippen LogP contribution in [0.5, 0.6) is 11.5 Å². The average molecular weight is 311 g/mol. The molecule has 110 valence electrons. The van der Waals surface area contributed by atoms with E-state index in [9.17, 15) is 14.5 Å². The van der Waals surface area contributed by atoms with Crippen molar-refractivity contribution in [2.75, 3.05) is 0 Å². The van der Waals surface area contributed by atoms with Gasteiger partial charge in [0.15, 0.2) is 0 Å². The summed E-state index contributed by atoms with van der Waals surface area (Å²) in [6.45, 7) is 1.80. The predicted molar refractivity (Wildman–Crippen MR) is 77.2 cm³/mol. The summed E-state index contributed by atoms with van der Waals surface area (Å²) in [5.74, 6) is -0.663. The van der Waals surface area contributed by atoms with Crippen LogP contribution in [0, 0.1) is 15.9 Å². The highest BCUT2D eigenvalue weighted by atomic mass is 35.5. The molecule has 7 heteroatoms. The van der Waals surface area contributed by atoms with Crippen molar-refractivity contribution in [2.24, 2.45) is 5.73 Å². The van der Waals surface area contributed by atoms with Crippen LogP contribution in [0.1, 0.15) is 18.5 Å². The number of ether oxygens (including phenoxy) is 1. The van der Waals surface area contributed by atoms with Gasteiger partial charge in [-0.15, -0.1) is 0 Å². The SMILES string of the molecule is C[C@@H](N)c1ccc(Oc2cc(F)ccc2[N+](=O)[O-])c(Cl)c1. The van der Waals surface area contributed by atoms with Gasteiger partial charge in [-0.25, -0.2) is 4.39 Å². The van der Waals surface area contributed by atoms with E-state index in [0.29, 0.717) is 0 Å². The molecule has 0 saturated heterocycles. The van der Waals surface area contributed by atoms with Crippen molar-refractivity contribution in [3.8, 4) is 11.5 Å². The minimum atomic E-state index is -0.654. The molecule has 2 aromatic rings. The Morgan fingerprint density at radius 2 is 2.00 bits per heavy atom. The lowest BCUT2D eigenvalue weighted by atomic mass is 10.1. The number of nitrogens with zero attached hydrogens (tertiary/aromatic N) is 1. The molecule has 5 nitrogen and oxygen atoms in total. The molecule has 0 aliphatic heterocycles. The van der Waals surface area contributed by atoms with Crippen molar-refractivity contribution in [1.29, 1.82) is 0 Å². The van der Waals surface area contributed by atoms with E-state index in [2.05, 4.69) is 0 Å². The quantitative estimate of drug-likeness (QED) is 0.678. The summed E-state index contributed by atoms with van der Waals surface area (Å²) in [6.07, 6.45) is 0. The van der Waals surface area contributed by atoms with Crippen LogP contribution in [0.3, 0.4) is 0 Å². The van der Waals surface area contributed by atoms with E-state index in [1.807, 2.05) is 0 Å². The Labute approximate surface area is 125 Å². The van der Waals surface area contributed by atoms with Gasteiger partial charge in [-0.05, 0) is 30.7 Å².